The highest BCUT2D eigenvalue weighted by Gasteiger charge is 2.39. The molecule has 0 bridgehead atoms. The van der Waals surface area contributed by atoms with Crippen LogP contribution in [0.2, 0.25) is 0 Å². The molecule has 1 heterocycles. The monoisotopic (exact) mass is 366 g/mol. The highest BCUT2D eigenvalue weighted by Crippen LogP contribution is 2.34. The van der Waals surface area contributed by atoms with Crippen LogP contribution in [0.1, 0.15) is 57.8 Å². The lowest BCUT2D eigenvalue weighted by Crippen LogP contribution is -2.62. The van der Waals surface area contributed by atoms with Gasteiger partial charge in [0, 0.05) is 31.6 Å². The zero-order chi connectivity index (χ0) is 18.2. The van der Waals surface area contributed by atoms with E-state index in [0.717, 1.165) is 25.8 Å². The van der Waals surface area contributed by atoms with Crippen molar-refractivity contribution in [3.8, 4) is 0 Å². The predicted octanol–water partition coefficient (Wildman–Crippen LogP) is 1.69. The molecule has 3 unspecified atom stereocenters. The first-order valence-corrected chi connectivity index (χ1v) is 10.4. The molecule has 3 rings (SSSR count). The molecule has 1 saturated heterocycles. The van der Waals surface area contributed by atoms with Gasteiger partial charge in [-0.15, -0.1) is 0 Å². The molecule has 1 aliphatic heterocycles. The Morgan fingerprint density at radius 1 is 1.04 bits per heavy atom. The minimum Gasteiger partial charge on any atom is -0.449 e. The summed E-state index contributed by atoms with van der Waals surface area (Å²) in [4.78, 5) is 23.7. The SMILES string of the molecule is O=C(NCCNCC1NNC(=O)C2CCCCC12)OCC1CCCCC1. The summed E-state index contributed by atoms with van der Waals surface area (Å²) in [6.07, 6.45) is 10.4. The van der Waals surface area contributed by atoms with Crippen LogP contribution in [0.4, 0.5) is 4.79 Å². The number of fused-ring (bicyclic) bond motifs is 1. The Morgan fingerprint density at radius 2 is 1.81 bits per heavy atom. The van der Waals surface area contributed by atoms with E-state index in [1.54, 1.807) is 0 Å². The van der Waals surface area contributed by atoms with Crippen molar-refractivity contribution in [3.05, 3.63) is 0 Å². The van der Waals surface area contributed by atoms with E-state index in [9.17, 15) is 9.59 Å². The molecule has 0 aromatic heterocycles. The Labute approximate surface area is 156 Å². The molecule has 2 saturated carbocycles. The van der Waals surface area contributed by atoms with Gasteiger partial charge in [0.25, 0.3) is 0 Å². The zero-order valence-corrected chi connectivity index (χ0v) is 15.7. The fourth-order valence-corrected chi connectivity index (χ4v) is 4.64. The van der Waals surface area contributed by atoms with Crippen molar-refractivity contribution >= 4 is 12.0 Å². The van der Waals surface area contributed by atoms with Crippen molar-refractivity contribution in [2.75, 3.05) is 26.2 Å². The lowest BCUT2D eigenvalue weighted by molar-refractivity contribution is -0.133. The van der Waals surface area contributed by atoms with Crippen molar-refractivity contribution < 1.29 is 14.3 Å². The lowest BCUT2D eigenvalue weighted by Gasteiger charge is -2.41. The topological polar surface area (TPSA) is 91.5 Å². The maximum atomic E-state index is 11.9. The number of alkyl carbamates (subject to hydrolysis) is 1. The second-order valence-electron chi connectivity index (χ2n) is 8.03. The third-order valence-corrected chi connectivity index (χ3v) is 6.16. The average molecular weight is 367 g/mol. The Balaban J connectivity index is 1.25. The quantitative estimate of drug-likeness (QED) is 0.515. The van der Waals surface area contributed by atoms with Gasteiger partial charge in [0.2, 0.25) is 5.91 Å². The number of hydrogen-bond donors (Lipinski definition) is 4. The molecule has 0 aromatic carbocycles. The molecule has 2 amide bonds. The average Bonchev–Trinajstić information content (AvgIpc) is 2.69. The summed E-state index contributed by atoms with van der Waals surface area (Å²) in [5.74, 6) is 1.26. The molecular weight excluding hydrogens is 332 g/mol. The van der Waals surface area contributed by atoms with Gasteiger partial charge >= 0.3 is 6.09 Å². The van der Waals surface area contributed by atoms with Crippen molar-refractivity contribution in [2.45, 2.75) is 63.8 Å². The molecule has 7 heteroatoms. The van der Waals surface area contributed by atoms with Gasteiger partial charge in [-0.05, 0) is 37.5 Å². The van der Waals surface area contributed by atoms with Gasteiger partial charge in [-0.2, -0.15) is 0 Å². The van der Waals surface area contributed by atoms with Gasteiger partial charge in [-0.1, -0.05) is 32.1 Å². The maximum Gasteiger partial charge on any atom is 0.407 e. The molecule has 7 nitrogen and oxygen atoms in total. The molecule has 3 aliphatic rings. The molecule has 0 spiro atoms. The van der Waals surface area contributed by atoms with E-state index < -0.39 is 0 Å². The van der Waals surface area contributed by atoms with Gasteiger partial charge in [0.1, 0.15) is 0 Å². The first-order chi connectivity index (χ1) is 12.7. The van der Waals surface area contributed by atoms with Crippen molar-refractivity contribution in [1.82, 2.24) is 21.5 Å². The molecule has 0 radical (unpaired) electrons. The number of amides is 2. The highest BCUT2D eigenvalue weighted by molar-refractivity contribution is 5.79. The number of rotatable bonds is 7. The number of carbonyl (C=O) groups excluding carboxylic acids is 2. The molecule has 3 atom stereocenters. The minimum absolute atomic E-state index is 0.147. The van der Waals surface area contributed by atoms with E-state index in [2.05, 4.69) is 21.5 Å². The second-order valence-corrected chi connectivity index (χ2v) is 8.03. The number of nitrogens with one attached hydrogen (secondary N) is 4. The fourth-order valence-electron chi connectivity index (χ4n) is 4.64. The number of ether oxygens (including phenoxy) is 1. The van der Waals surface area contributed by atoms with Gasteiger partial charge < -0.3 is 15.4 Å². The summed E-state index contributed by atoms with van der Waals surface area (Å²) in [5, 5.41) is 6.19. The standard InChI is InChI=1S/C19H34N4O3/c24-18-16-9-5-4-8-15(16)17(22-23-18)12-20-10-11-21-19(25)26-13-14-6-2-1-3-7-14/h14-17,20,22H,1-13H2,(H,21,25)(H,23,24). The molecule has 4 N–H and O–H groups in total. The predicted molar refractivity (Wildman–Crippen MR) is 99.3 cm³/mol. The molecule has 2 aliphatic carbocycles. The van der Waals surface area contributed by atoms with E-state index in [-0.39, 0.29) is 24.0 Å². The maximum absolute atomic E-state index is 11.9. The largest absolute Gasteiger partial charge is 0.449 e. The summed E-state index contributed by atoms with van der Waals surface area (Å²) in [6, 6.07) is 0.260. The summed E-state index contributed by atoms with van der Waals surface area (Å²) < 4.78 is 5.32. The highest BCUT2D eigenvalue weighted by atomic mass is 16.5. The van der Waals surface area contributed by atoms with Crippen LogP contribution in [-0.4, -0.2) is 44.3 Å². The Morgan fingerprint density at radius 3 is 2.65 bits per heavy atom. The van der Waals surface area contributed by atoms with Crippen molar-refractivity contribution in [1.29, 1.82) is 0 Å². The van der Waals surface area contributed by atoms with Crippen molar-refractivity contribution in [2.24, 2.45) is 17.8 Å². The minimum atomic E-state index is -0.312. The number of carbonyl (C=O) groups is 2. The second kappa shape index (κ2) is 10.1. The Bertz CT molecular complexity index is 468. The van der Waals surface area contributed by atoms with Crippen molar-refractivity contribution in [3.63, 3.8) is 0 Å². The first kappa shape index (κ1) is 19.4. The van der Waals surface area contributed by atoms with Crippen LogP contribution in [0.25, 0.3) is 0 Å². The first-order valence-electron chi connectivity index (χ1n) is 10.4. The smallest absolute Gasteiger partial charge is 0.407 e. The normalized spacial score (nSPS) is 29.5. The van der Waals surface area contributed by atoms with E-state index in [1.807, 2.05) is 0 Å². The van der Waals surface area contributed by atoms with Gasteiger partial charge in [0.15, 0.2) is 0 Å². The van der Waals surface area contributed by atoms with Crippen LogP contribution in [0.5, 0.6) is 0 Å². The lowest BCUT2D eigenvalue weighted by atomic mass is 9.74. The zero-order valence-electron chi connectivity index (χ0n) is 15.7. The van der Waals surface area contributed by atoms with E-state index >= 15 is 0 Å². The van der Waals surface area contributed by atoms with E-state index in [4.69, 9.17) is 4.74 Å². The summed E-state index contributed by atoms with van der Waals surface area (Å²) in [7, 11) is 0. The van der Waals surface area contributed by atoms with Crippen LogP contribution in [0, 0.1) is 17.8 Å². The molecule has 148 valence electrons. The Kier molecular flexibility index (Phi) is 7.55. The number of hydrogen-bond acceptors (Lipinski definition) is 5. The van der Waals surface area contributed by atoms with Gasteiger partial charge in [0.05, 0.1) is 6.61 Å². The molecule has 0 aromatic rings. The summed E-state index contributed by atoms with van der Waals surface area (Å²) in [5.41, 5.74) is 5.97. The van der Waals surface area contributed by atoms with Gasteiger partial charge in [-0.3, -0.25) is 10.2 Å². The van der Waals surface area contributed by atoms with Crippen LogP contribution in [0.3, 0.4) is 0 Å². The number of hydrazine groups is 1. The fraction of sp³-hybridized carbons (Fsp3) is 0.895. The molecule has 3 fully saturated rings. The molecule has 26 heavy (non-hydrogen) atoms. The van der Waals surface area contributed by atoms with Crippen LogP contribution < -0.4 is 21.5 Å². The third kappa shape index (κ3) is 5.58. The van der Waals surface area contributed by atoms with Crippen LogP contribution in [0.15, 0.2) is 0 Å². The summed E-state index contributed by atoms with van der Waals surface area (Å²) in [6.45, 7) is 2.59. The van der Waals surface area contributed by atoms with Crippen LogP contribution in [-0.2, 0) is 9.53 Å². The van der Waals surface area contributed by atoms with Crippen LogP contribution >= 0.6 is 0 Å². The van der Waals surface area contributed by atoms with Gasteiger partial charge in [-0.25, -0.2) is 10.2 Å². The van der Waals surface area contributed by atoms with E-state index in [1.165, 1.54) is 38.5 Å². The van der Waals surface area contributed by atoms with E-state index in [0.29, 0.717) is 31.5 Å². The summed E-state index contributed by atoms with van der Waals surface area (Å²) >= 11 is 0. The third-order valence-electron chi connectivity index (χ3n) is 6.16. The molecular formula is C19H34N4O3. The Hall–Kier alpha value is -1.34.